The molecule has 2 aliphatic heterocycles. The predicted octanol–water partition coefficient (Wildman–Crippen LogP) is 4.06. The molecule has 1 fully saturated rings. The lowest BCUT2D eigenvalue weighted by molar-refractivity contribution is -0.111. The van der Waals surface area contributed by atoms with Crippen molar-refractivity contribution in [3.05, 3.63) is 75.9 Å². The summed E-state index contributed by atoms with van der Waals surface area (Å²) < 4.78 is 20.4. The first kappa shape index (κ1) is 18.6. The van der Waals surface area contributed by atoms with E-state index in [1.165, 1.54) is 17.8 Å². The summed E-state index contributed by atoms with van der Waals surface area (Å²) in [6.45, 7) is 2.18. The number of nitrogens with zero attached hydrogens (tertiary/aromatic N) is 1. The van der Waals surface area contributed by atoms with E-state index in [0.717, 1.165) is 25.9 Å². The lowest BCUT2D eigenvalue weighted by Gasteiger charge is -2.45. The Labute approximate surface area is 172 Å². The normalized spacial score (nSPS) is 21.0. The lowest BCUT2D eigenvalue weighted by Crippen LogP contribution is -2.49. The molecule has 0 atom stereocenters. The molecule has 4 nitrogen and oxygen atoms in total. The second-order valence-corrected chi connectivity index (χ2v) is 8.79. The summed E-state index contributed by atoms with van der Waals surface area (Å²) in [5, 5.41) is 0. The average molecular weight is 409 g/mol. The van der Waals surface area contributed by atoms with Crippen LogP contribution in [-0.4, -0.2) is 40.9 Å². The molecular weight excluding hydrogens is 389 g/mol. The van der Waals surface area contributed by atoms with Crippen molar-refractivity contribution in [2.75, 3.05) is 18.8 Å². The molecular formula is C23H20FNO3S. The number of thioether (sulfide) groups is 1. The molecule has 5 rings (SSSR count). The minimum atomic E-state index is -0.462. The number of hydrogen-bond donors (Lipinski definition) is 0. The van der Waals surface area contributed by atoms with Crippen molar-refractivity contribution < 1.29 is 18.7 Å². The van der Waals surface area contributed by atoms with Crippen molar-refractivity contribution in [2.45, 2.75) is 25.0 Å². The number of halogens is 1. The third-order valence-corrected chi connectivity index (χ3v) is 7.28. The van der Waals surface area contributed by atoms with Crippen LogP contribution >= 0.6 is 11.8 Å². The first-order valence-electron chi connectivity index (χ1n) is 9.77. The Balaban J connectivity index is 1.35. The number of piperidine rings is 1. The summed E-state index contributed by atoms with van der Waals surface area (Å²) in [5.74, 6) is 0.125. The van der Waals surface area contributed by atoms with Gasteiger partial charge in [0.25, 0.3) is 0 Å². The second kappa shape index (κ2) is 7.11. The van der Waals surface area contributed by atoms with Gasteiger partial charge in [0.2, 0.25) is 11.6 Å². The Morgan fingerprint density at radius 2 is 1.66 bits per heavy atom. The molecule has 29 heavy (non-hydrogen) atoms. The van der Waals surface area contributed by atoms with E-state index < -0.39 is 11.6 Å². The Morgan fingerprint density at radius 3 is 2.41 bits per heavy atom. The summed E-state index contributed by atoms with van der Waals surface area (Å²) in [6, 6.07) is 14.0. The highest BCUT2D eigenvalue weighted by atomic mass is 32.2. The summed E-state index contributed by atoms with van der Waals surface area (Å²) in [5.41, 5.74) is 1.49. The number of likely N-dealkylation sites (tertiary alicyclic amines) is 1. The van der Waals surface area contributed by atoms with Crippen LogP contribution in [0.3, 0.4) is 0 Å². The molecule has 1 saturated heterocycles. The molecule has 0 saturated carbocycles. The fourth-order valence-electron chi connectivity index (χ4n) is 4.24. The molecule has 0 amide bonds. The number of hydrogen-bond acceptors (Lipinski definition) is 5. The molecule has 0 N–H and O–H groups in total. The number of carbonyl (C=O) groups excluding carboxylic acids is 2. The predicted molar refractivity (Wildman–Crippen MR) is 110 cm³/mol. The number of allylic oxidation sites excluding steroid dienone is 1. The first-order valence-corrected chi connectivity index (χ1v) is 10.8. The molecule has 2 aromatic rings. The van der Waals surface area contributed by atoms with Crippen molar-refractivity contribution in [3.63, 3.8) is 0 Å². The number of Topliss-reactive ketones (excluding diaryl/α,β-unsaturated/α-hetero) is 2. The molecule has 6 heteroatoms. The maximum absolute atomic E-state index is 14.0. The third-order valence-electron chi connectivity index (χ3n) is 5.95. The van der Waals surface area contributed by atoms with Crippen LogP contribution in [0.5, 0.6) is 0 Å². The van der Waals surface area contributed by atoms with Gasteiger partial charge in [-0.05, 0) is 6.07 Å². The van der Waals surface area contributed by atoms with E-state index in [2.05, 4.69) is 4.90 Å². The average Bonchev–Trinajstić information content (AvgIpc) is 2.75. The number of ether oxygens (including phenoxy) is 1. The highest BCUT2D eigenvalue weighted by molar-refractivity contribution is 8.04. The Morgan fingerprint density at radius 1 is 0.966 bits per heavy atom. The maximum atomic E-state index is 14.0. The molecule has 148 valence electrons. The smallest absolute Gasteiger partial charge is 0.243 e. The topological polar surface area (TPSA) is 46.6 Å². The number of carbonyl (C=O) groups is 2. The third kappa shape index (κ3) is 3.20. The van der Waals surface area contributed by atoms with Gasteiger partial charge < -0.3 is 4.74 Å². The van der Waals surface area contributed by atoms with Gasteiger partial charge in [-0.25, -0.2) is 4.39 Å². The Bertz CT molecular complexity index is 1040. The first-order chi connectivity index (χ1) is 14.1. The van der Waals surface area contributed by atoms with Gasteiger partial charge in [0.05, 0.1) is 0 Å². The van der Waals surface area contributed by atoms with Gasteiger partial charge in [-0.15, -0.1) is 11.8 Å². The van der Waals surface area contributed by atoms with Crippen LogP contribution in [0.15, 0.2) is 53.4 Å². The lowest BCUT2D eigenvalue weighted by atomic mass is 9.90. The van der Waals surface area contributed by atoms with Crippen molar-refractivity contribution in [3.8, 4) is 0 Å². The minimum absolute atomic E-state index is 0.172. The quantitative estimate of drug-likeness (QED) is 0.700. The van der Waals surface area contributed by atoms with Gasteiger partial charge >= 0.3 is 0 Å². The van der Waals surface area contributed by atoms with E-state index in [0.29, 0.717) is 39.7 Å². The molecule has 1 spiro atoms. The summed E-state index contributed by atoms with van der Waals surface area (Å²) in [6.07, 6.45) is 1.60. The largest absolute Gasteiger partial charge is 0.484 e. The van der Waals surface area contributed by atoms with Crippen LogP contribution in [0.2, 0.25) is 0 Å². The van der Waals surface area contributed by atoms with Gasteiger partial charge in [0.15, 0.2) is 0 Å². The van der Waals surface area contributed by atoms with Crippen LogP contribution in [-0.2, 0) is 16.1 Å². The molecule has 0 bridgehead atoms. The molecule has 2 heterocycles. The van der Waals surface area contributed by atoms with E-state index in [1.54, 1.807) is 18.2 Å². The van der Waals surface area contributed by atoms with Crippen LogP contribution in [0.4, 0.5) is 4.39 Å². The highest BCUT2D eigenvalue weighted by Gasteiger charge is 2.45. The zero-order valence-corrected chi connectivity index (χ0v) is 16.6. The fourth-order valence-corrected chi connectivity index (χ4v) is 5.51. The number of ketones is 2. The molecule has 0 aromatic heterocycles. The van der Waals surface area contributed by atoms with Crippen molar-refractivity contribution in [1.82, 2.24) is 4.90 Å². The second-order valence-electron chi connectivity index (χ2n) is 7.80. The van der Waals surface area contributed by atoms with E-state index in [4.69, 9.17) is 4.74 Å². The van der Waals surface area contributed by atoms with E-state index in [9.17, 15) is 14.0 Å². The van der Waals surface area contributed by atoms with Gasteiger partial charge in [-0.1, -0.05) is 42.5 Å². The van der Waals surface area contributed by atoms with Gasteiger partial charge in [-0.3, -0.25) is 14.5 Å². The number of benzene rings is 2. The number of rotatable bonds is 2. The molecule has 0 radical (unpaired) electrons. The zero-order chi connectivity index (χ0) is 20.0. The van der Waals surface area contributed by atoms with Crippen LogP contribution in [0.1, 0.15) is 34.3 Å². The van der Waals surface area contributed by atoms with Crippen molar-refractivity contribution >= 4 is 29.1 Å². The maximum Gasteiger partial charge on any atom is 0.243 e. The highest BCUT2D eigenvalue weighted by Crippen LogP contribution is 2.47. The van der Waals surface area contributed by atoms with Gasteiger partial charge in [0, 0.05) is 54.9 Å². The van der Waals surface area contributed by atoms with Crippen molar-refractivity contribution in [2.24, 2.45) is 0 Å². The monoisotopic (exact) mass is 409 g/mol. The van der Waals surface area contributed by atoms with E-state index >= 15 is 0 Å². The van der Waals surface area contributed by atoms with Gasteiger partial charge in [-0.2, -0.15) is 0 Å². The van der Waals surface area contributed by atoms with E-state index in [-0.39, 0.29) is 11.4 Å². The SMILES string of the molecule is O=C1C(=O)c2ccccc2C2=C1SCC1(CCN(Cc3ccccc3F)CC1)O2. The number of fused-ring (bicyclic) bond motifs is 2. The zero-order valence-electron chi connectivity index (χ0n) is 15.8. The Hall–Kier alpha value is -2.44. The summed E-state index contributed by atoms with van der Waals surface area (Å²) in [4.78, 5) is 27.6. The van der Waals surface area contributed by atoms with Crippen LogP contribution < -0.4 is 0 Å². The summed E-state index contributed by atoms with van der Waals surface area (Å²) in [7, 11) is 0. The Kier molecular flexibility index (Phi) is 4.56. The van der Waals surface area contributed by atoms with Crippen LogP contribution in [0, 0.1) is 5.82 Å². The van der Waals surface area contributed by atoms with Gasteiger partial charge in [0.1, 0.15) is 22.1 Å². The molecule has 2 aromatic carbocycles. The summed E-state index contributed by atoms with van der Waals surface area (Å²) >= 11 is 1.44. The van der Waals surface area contributed by atoms with Crippen LogP contribution in [0.25, 0.3) is 5.76 Å². The van der Waals surface area contributed by atoms with E-state index in [1.807, 2.05) is 24.3 Å². The molecule has 3 aliphatic rings. The minimum Gasteiger partial charge on any atom is -0.484 e. The molecule has 1 aliphatic carbocycles. The fraction of sp³-hybridized carbons (Fsp3) is 0.304. The molecule has 0 unspecified atom stereocenters. The van der Waals surface area contributed by atoms with Crippen molar-refractivity contribution in [1.29, 1.82) is 0 Å². The standard InChI is InChI=1S/C23H20FNO3S/c24-18-8-4-1-5-15(18)13-25-11-9-23(10-12-25)14-29-22-20(27)19(26)16-6-2-3-7-17(16)21(22)28-23/h1-8H,9-14H2.